The van der Waals surface area contributed by atoms with Crippen LogP contribution >= 0.6 is 11.3 Å². The van der Waals surface area contributed by atoms with E-state index in [-0.39, 0.29) is 0 Å². The van der Waals surface area contributed by atoms with Crippen molar-refractivity contribution >= 4 is 16.5 Å². The lowest BCUT2D eigenvalue weighted by Gasteiger charge is -1.98. The molecule has 0 saturated heterocycles. The Morgan fingerprint density at radius 1 is 1.64 bits per heavy atom. The van der Waals surface area contributed by atoms with Gasteiger partial charge in [0.05, 0.1) is 5.69 Å². The highest BCUT2D eigenvalue weighted by Crippen LogP contribution is 2.13. The van der Waals surface area contributed by atoms with E-state index in [2.05, 4.69) is 22.6 Å². The number of aryl methyl sites for hydroxylation is 1. The van der Waals surface area contributed by atoms with Crippen LogP contribution in [-0.2, 0) is 0 Å². The summed E-state index contributed by atoms with van der Waals surface area (Å²) in [5.74, 6) is 0. The molecule has 0 spiro atoms. The number of rotatable bonds is 4. The summed E-state index contributed by atoms with van der Waals surface area (Å²) in [6.45, 7) is 5.25. The molecule has 0 aromatic carbocycles. The second kappa shape index (κ2) is 4.34. The van der Waals surface area contributed by atoms with E-state index >= 15 is 0 Å². The summed E-state index contributed by atoms with van der Waals surface area (Å²) in [4.78, 5) is 4.29. The van der Waals surface area contributed by atoms with Crippen LogP contribution in [0.2, 0.25) is 0 Å². The number of thiazole rings is 1. The quantitative estimate of drug-likeness (QED) is 0.703. The molecule has 2 nitrogen and oxygen atoms in total. The fraction of sp³-hybridized carbons (Fsp3) is 0.625. The van der Waals surface area contributed by atoms with Crippen LogP contribution in [0, 0.1) is 6.92 Å². The van der Waals surface area contributed by atoms with Crippen molar-refractivity contribution in [3.05, 3.63) is 11.1 Å². The van der Waals surface area contributed by atoms with Crippen LogP contribution in [0.3, 0.4) is 0 Å². The molecule has 0 radical (unpaired) electrons. The van der Waals surface area contributed by atoms with Crippen molar-refractivity contribution in [2.45, 2.75) is 26.7 Å². The number of aromatic nitrogens is 1. The lowest BCUT2D eigenvalue weighted by Crippen LogP contribution is -1.99. The van der Waals surface area contributed by atoms with Gasteiger partial charge >= 0.3 is 0 Å². The van der Waals surface area contributed by atoms with Crippen molar-refractivity contribution in [2.24, 2.45) is 0 Å². The Labute approximate surface area is 71.7 Å². The van der Waals surface area contributed by atoms with Crippen LogP contribution in [0.5, 0.6) is 0 Å². The van der Waals surface area contributed by atoms with E-state index < -0.39 is 0 Å². The van der Waals surface area contributed by atoms with Gasteiger partial charge in [-0.1, -0.05) is 13.3 Å². The summed E-state index contributed by atoms with van der Waals surface area (Å²) in [6.07, 6.45) is 2.45. The Hall–Kier alpha value is -0.570. The van der Waals surface area contributed by atoms with E-state index in [0.29, 0.717) is 0 Å². The summed E-state index contributed by atoms with van der Waals surface area (Å²) >= 11 is 1.68. The van der Waals surface area contributed by atoms with Gasteiger partial charge in [0.1, 0.15) is 0 Å². The SMILES string of the molecule is CCCCNc1nc(C)cs1. The average molecular weight is 170 g/mol. The second-order valence-corrected chi connectivity index (χ2v) is 3.43. The van der Waals surface area contributed by atoms with Crippen molar-refractivity contribution in [2.75, 3.05) is 11.9 Å². The molecule has 1 rings (SSSR count). The number of anilines is 1. The summed E-state index contributed by atoms with van der Waals surface area (Å²) < 4.78 is 0. The summed E-state index contributed by atoms with van der Waals surface area (Å²) in [7, 11) is 0. The van der Waals surface area contributed by atoms with Gasteiger partial charge in [0.15, 0.2) is 5.13 Å². The molecule has 3 heteroatoms. The predicted molar refractivity (Wildman–Crippen MR) is 50.2 cm³/mol. The number of hydrogen-bond donors (Lipinski definition) is 1. The number of nitrogens with zero attached hydrogens (tertiary/aromatic N) is 1. The van der Waals surface area contributed by atoms with Gasteiger partial charge < -0.3 is 5.32 Å². The average Bonchev–Trinajstić information content (AvgIpc) is 2.37. The Kier molecular flexibility index (Phi) is 3.36. The molecule has 11 heavy (non-hydrogen) atoms. The highest BCUT2D eigenvalue weighted by Gasteiger charge is 1.94. The van der Waals surface area contributed by atoms with Gasteiger partial charge in [-0.2, -0.15) is 0 Å². The van der Waals surface area contributed by atoms with Crippen LogP contribution < -0.4 is 5.32 Å². The van der Waals surface area contributed by atoms with E-state index in [1.54, 1.807) is 11.3 Å². The Balaban J connectivity index is 2.27. The lowest BCUT2D eigenvalue weighted by atomic mass is 10.3. The Morgan fingerprint density at radius 2 is 2.45 bits per heavy atom. The van der Waals surface area contributed by atoms with Crippen LogP contribution in [0.4, 0.5) is 5.13 Å². The standard InChI is InChI=1S/C8H14N2S/c1-3-4-5-9-8-10-7(2)6-11-8/h6H,3-5H2,1-2H3,(H,9,10). The fourth-order valence-electron chi connectivity index (χ4n) is 0.807. The summed E-state index contributed by atoms with van der Waals surface area (Å²) in [6, 6.07) is 0. The molecular weight excluding hydrogens is 156 g/mol. The molecule has 0 aliphatic heterocycles. The minimum atomic E-state index is 1.05. The first kappa shape index (κ1) is 8.53. The maximum absolute atomic E-state index is 4.29. The van der Waals surface area contributed by atoms with Crippen molar-refractivity contribution < 1.29 is 0 Å². The van der Waals surface area contributed by atoms with Crippen LogP contribution in [0.1, 0.15) is 25.5 Å². The lowest BCUT2D eigenvalue weighted by molar-refractivity contribution is 0.833. The molecule has 0 atom stereocenters. The molecule has 0 aliphatic rings. The molecule has 0 amide bonds. The highest BCUT2D eigenvalue weighted by atomic mass is 32.1. The minimum Gasteiger partial charge on any atom is -0.362 e. The fourth-order valence-corrected chi connectivity index (χ4v) is 1.52. The van der Waals surface area contributed by atoms with E-state index in [1.807, 2.05) is 6.92 Å². The third-order valence-electron chi connectivity index (χ3n) is 1.43. The third-order valence-corrected chi connectivity index (χ3v) is 2.34. The summed E-state index contributed by atoms with van der Waals surface area (Å²) in [5, 5.41) is 6.39. The molecule has 1 aromatic rings. The molecular formula is C8H14N2S. The minimum absolute atomic E-state index is 1.05. The van der Waals surface area contributed by atoms with Crippen LogP contribution in [0.25, 0.3) is 0 Å². The zero-order chi connectivity index (χ0) is 8.10. The van der Waals surface area contributed by atoms with E-state index in [9.17, 15) is 0 Å². The van der Waals surface area contributed by atoms with E-state index in [4.69, 9.17) is 0 Å². The predicted octanol–water partition coefficient (Wildman–Crippen LogP) is 2.66. The van der Waals surface area contributed by atoms with Gasteiger partial charge in [-0.05, 0) is 13.3 Å². The first-order valence-corrected chi connectivity index (χ1v) is 4.87. The largest absolute Gasteiger partial charge is 0.362 e. The third kappa shape index (κ3) is 2.89. The number of nitrogens with one attached hydrogen (secondary N) is 1. The Bertz CT molecular complexity index is 208. The molecule has 0 fully saturated rings. The molecule has 0 unspecified atom stereocenters. The maximum atomic E-state index is 4.29. The van der Waals surface area contributed by atoms with Crippen LogP contribution in [0.15, 0.2) is 5.38 Å². The molecule has 62 valence electrons. The molecule has 1 heterocycles. The topological polar surface area (TPSA) is 24.9 Å². The van der Waals surface area contributed by atoms with E-state index in [1.165, 1.54) is 12.8 Å². The van der Waals surface area contributed by atoms with Gasteiger partial charge in [-0.25, -0.2) is 4.98 Å². The van der Waals surface area contributed by atoms with Gasteiger partial charge in [-0.15, -0.1) is 11.3 Å². The summed E-state index contributed by atoms with van der Waals surface area (Å²) in [5.41, 5.74) is 1.11. The number of hydrogen-bond acceptors (Lipinski definition) is 3. The Morgan fingerprint density at radius 3 is 3.00 bits per heavy atom. The molecule has 0 bridgehead atoms. The molecule has 1 aromatic heterocycles. The second-order valence-electron chi connectivity index (χ2n) is 2.57. The van der Waals surface area contributed by atoms with Gasteiger partial charge in [0, 0.05) is 11.9 Å². The smallest absolute Gasteiger partial charge is 0.182 e. The van der Waals surface area contributed by atoms with Gasteiger partial charge in [0.25, 0.3) is 0 Å². The van der Waals surface area contributed by atoms with Crippen molar-refractivity contribution in [1.29, 1.82) is 0 Å². The first-order chi connectivity index (χ1) is 5.33. The van der Waals surface area contributed by atoms with Crippen molar-refractivity contribution in [3.63, 3.8) is 0 Å². The maximum Gasteiger partial charge on any atom is 0.182 e. The molecule has 0 saturated carbocycles. The zero-order valence-electron chi connectivity index (χ0n) is 7.05. The van der Waals surface area contributed by atoms with Crippen LogP contribution in [-0.4, -0.2) is 11.5 Å². The zero-order valence-corrected chi connectivity index (χ0v) is 7.87. The van der Waals surface area contributed by atoms with Gasteiger partial charge in [0.2, 0.25) is 0 Å². The van der Waals surface area contributed by atoms with Gasteiger partial charge in [-0.3, -0.25) is 0 Å². The van der Waals surface area contributed by atoms with E-state index in [0.717, 1.165) is 17.4 Å². The normalized spacial score (nSPS) is 10.0. The highest BCUT2D eigenvalue weighted by molar-refractivity contribution is 7.13. The molecule has 1 N–H and O–H groups in total. The number of unbranched alkanes of at least 4 members (excludes halogenated alkanes) is 1. The monoisotopic (exact) mass is 170 g/mol. The van der Waals surface area contributed by atoms with Crippen molar-refractivity contribution in [3.8, 4) is 0 Å². The van der Waals surface area contributed by atoms with Crippen molar-refractivity contribution in [1.82, 2.24) is 4.98 Å². The first-order valence-electron chi connectivity index (χ1n) is 3.99. The molecule has 0 aliphatic carbocycles.